The fraction of sp³-hybridized carbons (Fsp3) is 0. The largest absolute Gasteiger partial charge is 0.274 e. The predicted octanol–water partition coefficient (Wildman–Crippen LogP) is 2.84. The van der Waals surface area contributed by atoms with E-state index in [4.69, 9.17) is 5.21 Å². The SMILES string of the molecule is ON/N=C/N/N=C/c1c2ccccc2cc2ccccc12. The van der Waals surface area contributed by atoms with Gasteiger partial charge in [-0.15, -0.1) is 5.10 Å². The summed E-state index contributed by atoms with van der Waals surface area (Å²) in [5.41, 5.74) is 5.32. The first-order valence-electron chi connectivity index (χ1n) is 6.50. The lowest BCUT2D eigenvalue weighted by molar-refractivity contribution is 0.172. The van der Waals surface area contributed by atoms with Crippen molar-refractivity contribution in [2.75, 3.05) is 0 Å². The fourth-order valence-electron chi connectivity index (χ4n) is 2.38. The van der Waals surface area contributed by atoms with Crippen LogP contribution in [0.15, 0.2) is 64.8 Å². The highest BCUT2D eigenvalue weighted by Gasteiger charge is 2.04. The molecule has 0 atom stereocenters. The first-order valence-corrected chi connectivity index (χ1v) is 6.50. The maximum Gasteiger partial charge on any atom is 0.131 e. The Morgan fingerprint density at radius 2 is 1.48 bits per heavy atom. The van der Waals surface area contributed by atoms with Gasteiger partial charge in [0.05, 0.1) is 6.21 Å². The zero-order valence-corrected chi connectivity index (χ0v) is 11.2. The number of fused-ring (bicyclic) bond motifs is 2. The monoisotopic (exact) mass is 278 g/mol. The van der Waals surface area contributed by atoms with Crippen molar-refractivity contribution in [3.8, 4) is 0 Å². The van der Waals surface area contributed by atoms with Crippen LogP contribution < -0.4 is 11.0 Å². The molecule has 5 heteroatoms. The molecule has 0 aliphatic carbocycles. The molecule has 0 saturated carbocycles. The van der Waals surface area contributed by atoms with Crippen LogP contribution in [0.5, 0.6) is 0 Å². The highest BCUT2D eigenvalue weighted by molar-refractivity contribution is 6.13. The van der Waals surface area contributed by atoms with Gasteiger partial charge in [-0.25, -0.2) is 0 Å². The normalized spacial score (nSPS) is 11.7. The standard InChI is InChI=1S/C16H14N4O/c21-20-19-11-18-17-10-16-14-7-3-1-5-12(14)9-13-6-2-4-8-15(13)16/h1-11,20-21H,(H,18,19)/b17-10+. The third-order valence-corrected chi connectivity index (χ3v) is 3.26. The molecule has 5 nitrogen and oxygen atoms in total. The highest BCUT2D eigenvalue weighted by Crippen LogP contribution is 2.27. The minimum Gasteiger partial charge on any atom is -0.274 e. The summed E-state index contributed by atoms with van der Waals surface area (Å²) in [6, 6.07) is 18.6. The topological polar surface area (TPSA) is 69.0 Å². The molecular weight excluding hydrogens is 264 g/mol. The third kappa shape index (κ3) is 2.68. The molecule has 104 valence electrons. The molecule has 0 heterocycles. The lowest BCUT2D eigenvalue weighted by Gasteiger charge is -2.07. The number of hydrogen-bond acceptors (Lipinski definition) is 4. The summed E-state index contributed by atoms with van der Waals surface area (Å²) in [4.78, 5) is 0. The van der Waals surface area contributed by atoms with E-state index in [1.54, 1.807) is 11.8 Å². The summed E-state index contributed by atoms with van der Waals surface area (Å²) >= 11 is 0. The van der Waals surface area contributed by atoms with Gasteiger partial charge in [-0.1, -0.05) is 48.5 Å². The molecule has 0 radical (unpaired) electrons. The molecule has 3 rings (SSSR count). The lowest BCUT2D eigenvalue weighted by Crippen LogP contribution is -2.06. The number of nitrogens with zero attached hydrogens (tertiary/aromatic N) is 2. The van der Waals surface area contributed by atoms with Gasteiger partial charge in [-0.05, 0) is 27.6 Å². The van der Waals surface area contributed by atoms with E-state index in [1.165, 1.54) is 17.1 Å². The molecule has 0 spiro atoms. The Hall–Kier alpha value is -2.92. The first-order chi connectivity index (χ1) is 10.4. The molecule has 0 bridgehead atoms. The molecule has 3 aromatic rings. The van der Waals surface area contributed by atoms with Crippen LogP contribution in [0.2, 0.25) is 0 Å². The molecule has 3 N–H and O–H groups in total. The van der Waals surface area contributed by atoms with E-state index < -0.39 is 0 Å². The average molecular weight is 278 g/mol. The van der Waals surface area contributed by atoms with Crippen LogP contribution in [0.4, 0.5) is 0 Å². The van der Waals surface area contributed by atoms with Crippen LogP contribution >= 0.6 is 0 Å². The zero-order chi connectivity index (χ0) is 14.5. The van der Waals surface area contributed by atoms with Crippen LogP contribution in [-0.2, 0) is 0 Å². The minimum absolute atomic E-state index is 1.04. The highest BCUT2D eigenvalue weighted by atomic mass is 16.5. The van der Waals surface area contributed by atoms with Crippen molar-refractivity contribution in [3.63, 3.8) is 0 Å². The number of nitrogens with one attached hydrogen (secondary N) is 2. The van der Waals surface area contributed by atoms with Crippen LogP contribution in [0, 0.1) is 0 Å². The van der Waals surface area contributed by atoms with Gasteiger partial charge < -0.3 is 0 Å². The van der Waals surface area contributed by atoms with Gasteiger partial charge in [0.2, 0.25) is 0 Å². The van der Waals surface area contributed by atoms with Crippen LogP contribution in [0.1, 0.15) is 5.56 Å². The summed E-state index contributed by atoms with van der Waals surface area (Å²) in [7, 11) is 0. The van der Waals surface area contributed by atoms with Gasteiger partial charge in [0.15, 0.2) is 0 Å². The van der Waals surface area contributed by atoms with Gasteiger partial charge in [0.25, 0.3) is 0 Å². The second kappa shape index (κ2) is 6.02. The van der Waals surface area contributed by atoms with Gasteiger partial charge in [0.1, 0.15) is 6.34 Å². The summed E-state index contributed by atoms with van der Waals surface area (Å²) in [5, 5.41) is 20.4. The molecule has 0 amide bonds. The van der Waals surface area contributed by atoms with Gasteiger partial charge >= 0.3 is 0 Å². The smallest absolute Gasteiger partial charge is 0.131 e. The van der Waals surface area contributed by atoms with Crippen molar-refractivity contribution in [3.05, 3.63) is 60.2 Å². The quantitative estimate of drug-likeness (QED) is 0.297. The molecule has 0 fully saturated rings. The summed E-state index contributed by atoms with van der Waals surface area (Å²) in [6.07, 6.45) is 3.01. The fourth-order valence-corrected chi connectivity index (χ4v) is 2.38. The molecule has 0 unspecified atom stereocenters. The van der Waals surface area contributed by atoms with Crippen molar-refractivity contribution >= 4 is 34.1 Å². The Kier molecular flexibility index (Phi) is 3.75. The Labute approximate surface area is 121 Å². The van der Waals surface area contributed by atoms with Crippen LogP contribution in [0.3, 0.4) is 0 Å². The van der Waals surface area contributed by atoms with E-state index in [1.807, 2.05) is 24.3 Å². The third-order valence-electron chi connectivity index (χ3n) is 3.26. The van der Waals surface area contributed by atoms with Crippen molar-refractivity contribution in [2.24, 2.45) is 10.2 Å². The maximum atomic E-state index is 8.33. The number of hydrazone groups is 2. The van der Waals surface area contributed by atoms with Crippen molar-refractivity contribution in [1.29, 1.82) is 0 Å². The second-order valence-electron chi connectivity index (χ2n) is 4.48. The second-order valence-corrected chi connectivity index (χ2v) is 4.48. The predicted molar refractivity (Wildman–Crippen MR) is 85.6 cm³/mol. The van der Waals surface area contributed by atoms with Crippen LogP contribution in [-0.4, -0.2) is 17.8 Å². The van der Waals surface area contributed by atoms with E-state index >= 15 is 0 Å². The van der Waals surface area contributed by atoms with E-state index in [2.05, 4.69) is 46.0 Å². The molecule has 21 heavy (non-hydrogen) atoms. The van der Waals surface area contributed by atoms with Gasteiger partial charge in [-0.2, -0.15) is 10.7 Å². The maximum absolute atomic E-state index is 8.33. The lowest BCUT2D eigenvalue weighted by atomic mass is 9.97. The van der Waals surface area contributed by atoms with Crippen LogP contribution in [0.25, 0.3) is 21.5 Å². The van der Waals surface area contributed by atoms with E-state index in [9.17, 15) is 0 Å². The van der Waals surface area contributed by atoms with Gasteiger partial charge in [-0.3, -0.25) is 10.6 Å². The Morgan fingerprint density at radius 1 is 0.857 bits per heavy atom. The van der Waals surface area contributed by atoms with E-state index in [-0.39, 0.29) is 0 Å². The number of benzene rings is 3. The van der Waals surface area contributed by atoms with Gasteiger partial charge in [0, 0.05) is 5.56 Å². The van der Waals surface area contributed by atoms with E-state index in [0.717, 1.165) is 16.3 Å². The molecule has 0 saturated heterocycles. The first kappa shape index (κ1) is 13.1. The average Bonchev–Trinajstić information content (AvgIpc) is 2.53. The molecule has 0 aliphatic heterocycles. The molecule has 0 aromatic heterocycles. The summed E-state index contributed by atoms with van der Waals surface area (Å²) in [6.45, 7) is 0. The van der Waals surface area contributed by atoms with Crippen molar-refractivity contribution in [2.45, 2.75) is 0 Å². The number of rotatable bonds is 4. The molecule has 3 aromatic carbocycles. The van der Waals surface area contributed by atoms with Crippen molar-refractivity contribution in [1.82, 2.24) is 11.0 Å². The Bertz CT molecular complexity index is 773. The van der Waals surface area contributed by atoms with Crippen molar-refractivity contribution < 1.29 is 5.21 Å². The van der Waals surface area contributed by atoms with E-state index in [0.29, 0.717) is 0 Å². The molecular formula is C16H14N4O. The Balaban J connectivity index is 2.13. The minimum atomic E-state index is 1.04. The zero-order valence-electron chi connectivity index (χ0n) is 11.2. The number of hydrogen-bond donors (Lipinski definition) is 3. The Morgan fingerprint density at radius 3 is 2.10 bits per heavy atom. The summed E-state index contributed by atoms with van der Waals surface area (Å²) < 4.78 is 0. The summed E-state index contributed by atoms with van der Waals surface area (Å²) in [5.74, 6) is 0. The molecule has 0 aliphatic rings.